The maximum Gasteiger partial charge on any atom is 0.454 e. The van der Waals surface area contributed by atoms with Crippen LogP contribution >= 0.6 is 0 Å². The van der Waals surface area contributed by atoms with Crippen molar-refractivity contribution >= 4 is 22.4 Å². The summed E-state index contributed by atoms with van der Waals surface area (Å²) in [5, 5.41) is 3.74. The minimum atomic E-state index is -4.87. The molecule has 1 aliphatic heterocycles. The van der Waals surface area contributed by atoms with Crippen LogP contribution in [-0.4, -0.2) is 30.6 Å². The number of nitrogens with one attached hydrogen (secondary N) is 2. The highest BCUT2D eigenvalue weighted by Crippen LogP contribution is 2.32. The van der Waals surface area contributed by atoms with E-state index in [0.29, 0.717) is 30.5 Å². The Labute approximate surface area is 124 Å². The summed E-state index contributed by atoms with van der Waals surface area (Å²) in [6.45, 7) is 0.466. The highest BCUT2D eigenvalue weighted by Gasteiger charge is 2.37. The predicted molar refractivity (Wildman–Crippen MR) is 75.6 cm³/mol. The first kappa shape index (κ1) is 14.5. The summed E-state index contributed by atoms with van der Waals surface area (Å²) in [5.41, 5.74) is 2.36. The highest BCUT2D eigenvalue weighted by atomic mass is 19.4. The largest absolute Gasteiger partial charge is 0.497 e. The van der Waals surface area contributed by atoms with E-state index in [9.17, 15) is 18.0 Å². The first-order chi connectivity index (χ1) is 10.4. The molecule has 1 aliphatic rings. The molecule has 7 heteroatoms. The fraction of sp³-hybridized carbons (Fsp3) is 0.267. The number of aromatic amines is 1. The minimum absolute atomic E-state index is 0.166. The van der Waals surface area contributed by atoms with Gasteiger partial charge in [0.15, 0.2) is 0 Å². The van der Waals surface area contributed by atoms with Crippen molar-refractivity contribution in [1.29, 1.82) is 0 Å². The fourth-order valence-electron chi connectivity index (χ4n) is 2.59. The molecule has 0 atom stereocenters. The zero-order valence-corrected chi connectivity index (χ0v) is 11.7. The van der Waals surface area contributed by atoms with Gasteiger partial charge in [-0.05, 0) is 30.2 Å². The quantitative estimate of drug-likeness (QED) is 0.839. The van der Waals surface area contributed by atoms with Crippen molar-refractivity contribution in [2.45, 2.75) is 12.6 Å². The van der Waals surface area contributed by atoms with Gasteiger partial charge in [-0.3, -0.25) is 4.79 Å². The van der Waals surface area contributed by atoms with Gasteiger partial charge in [0.2, 0.25) is 0 Å². The van der Waals surface area contributed by atoms with E-state index in [1.165, 1.54) is 0 Å². The summed E-state index contributed by atoms with van der Waals surface area (Å²) in [7, 11) is 1.55. The minimum Gasteiger partial charge on any atom is -0.497 e. The molecule has 2 aromatic rings. The van der Waals surface area contributed by atoms with E-state index in [1.54, 1.807) is 19.2 Å². The normalized spacial score (nSPS) is 16.5. The lowest BCUT2D eigenvalue weighted by atomic mass is 10.0. The SMILES string of the molecule is COc1ccc2[nH]c3c(c2c1)CCN/C3=C/C(=O)C(F)(F)F. The summed E-state index contributed by atoms with van der Waals surface area (Å²) in [4.78, 5) is 14.3. The van der Waals surface area contributed by atoms with Crippen LogP contribution in [0.2, 0.25) is 0 Å². The van der Waals surface area contributed by atoms with Crippen LogP contribution in [0.25, 0.3) is 16.6 Å². The third-order valence-electron chi connectivity index (χ3n) is 3.63. The van der Waals surface area contributed by atoms with Crippen molar-refractivity contribution in [3.05, 3.63) is 35.5 Å². The van der Waals surface area contributed by atoms with Crippen LogP contribution in [0, 0.1) is 0 Å². The Morgan fingerprint density at radius 3 is 2.82 bits per heavy atom. The van der Waals surface area contributed by atoms with Gasteiger partial charge in [0, 0.05) is 23.5 Å². The summed E-state index contributed by atoms with van der Waals surface area (Å²) < 4.78 is 42.5. The Bertz CT molecular complexity index is 775. The molecule has 4 nitrogen and oxygen atoms in total. The topological polar surface area (TPSA) is 54.1 Å². The van der Waals surface area contributed by atoms with Gasteiger partial charge in [-0.25, -0.2) is 0 Å². The molecule has 0 radical (unpaired) electrons. The van der Waals surface area contributed by atoms with Crippen molar-refractivity contribution < 1.29 is 22.7 Å². The van der Waals surface area contributed by atoms with Gasteiger partial charge < -0.3 is 15.0 Å². The van der Waals surface area contributed by atoms with Crippen LogP contribution in [0.3, 0.4) is 0 Å². The number of hydrogen-bond donors (Lipinski definition) is 2. The van der Waals surface area contributed by atoms with Crippen LogP contribution in [0.1, 0.15) is 11.3 Å². The second-order valence-corrected chi connectivity index (χ2v) is 4.99. The number of H-pyrrole nitrogens is 1. The molecule has 2 heterocycles. The number of halogens is 3. The molecular formula is C15H13F3N2O2. The molecule has 116 valence electrons. The maximum absolute atomic E-state index is 12.4. The van der Waals surface area contributed by atoms with Gasteiger partial charge in [-0.1, -0.05) is 0 Å². The van der Waals surface area contributed by atoms with E-state index in [1.807, 2.05) is 6.07 Å². The Morgan fingerprint density at radius 1 is 1.36 bits per heavy atom. The number of allylic oxidation sites excluding steroid dienone is 1. The molecule has 22 heavy (non-hydrogen) atoms. The summed E-state index contributed by atoms with van der Waals surface area (Å²) in [5.74, 6) is -1.20. The number of methoxy groups -OCH3 is 1. The van der Waals surface area contributed by atoms with Crippen molar-refractivity contribution in [3.8, 4) is 5.75 Å². The van der Waals surface area contributed by atoms with Crippen molar-refractivity contribution in [1.82, 2.24) is 10.3 Å². The number of aromatic nitrogens is 1. The highest BCUT2D eigenvalue weighted by molar-refractivity contribution is 6.01. The molecule has 3 rings (SSSR count). The van der Waals surface area contributed by atoms with E-state index in [2.05, 4.69) is 10.3 Å². The number of carbonyl (C=O) groups excluding carboxylic acids is 1. The van der Waals surface area contributed by atoms with Gasteiger partial charge in [-0.15, -0.1) is 0 Å². The molecule has 1 aromatic heterocycles. The standard InChI is InChI=1S/C15H13F3N2O2/c1-22-8-2-3-11-10(6-8)9-4-5-19-12(14(9)20-11)7-13(21)15(16,17)18/h2-3,6-7,19-20H,4-5H2,1H3/b12-7+. The first-order valence-electron chi connectivity index (χ1n) is 6.66. The lowest BCUT2D eigenvalue weighted by Crippen LogP contribution is -2.26. The Hall–Kier alpha value is -2.44. The number of fused-ring (bicyclic) bond motifs is 3. The van der Waals surface area contributed by atoms with Gasteiger partial charge in [0.25, 0.3) is 5.78 Å². The first-order valence-corrected chi connectivity index (χ1v) is 6.66. The number of alkyl halides is 3. The zero-order chi connectivity index (χ0) is 15.9. The number of rotatable bonds is 2. The van der Waals surface area contributed by atoms with E-state index in [0.717, 1.165) is 16.5 Å². The number of carbonyl (C=O) groups is 1. The molecule has 0 fully saturated rings. The number of benzene rings is 1. The van der Waals surface area contributed by atoms with Crippen molar-refractivity contribution in [2.24, 2.45) is 0 Å². The Morgan fingerprint density at radius 2 is 2.14 bits per heavy atom. The van der Waals surface area contributed by atoms with Crippen LogP contribution < -0.4 is 10.1 Å². The van der Waals surface area contributed by atoms with Gasteiger partial charge in [0.05, 0.1) is 18.5 Å². The molecule has 0 aliphatic carbocycles. The summed E-state index contributed by atoms with van der Waals surface area (Å²) in [6, 6.07) is 5.40. The summed E-state index contributed by atoms with van der Waals surface area (Å²) >= 11 is 0. The maximum atomic E-state index is 12.4. The zero-order valence-electron chi connectivity index (χ0n) is 11.7. The molecule has 0 unspecified atom stereocenters. The predicted octanol–water partition coefficient (Wildman–Crippen LogP) is 2.79. The van der Waals surface area contributed by atoms with Gasteiger partial charge >= 0.3 is 6.18 Å². The van der Waals surface area contributed by atoms with Crippen molar-refractivity contribution in [2.75, 3.05) is 13.7 Å². The Balaban J connectivity index is 2.11. The molecule has 0 spiro atoms. The van der Waals surface area contributed by atoms with Gasteiger partial charge in [0.1, 0.15) is 5.75 Å². The second-order valence-electron chi connectivity index (χ2n) is 4.99. The summed E-state index contributed by atoms with van der Waals surface area (Å²) in [6.07, 6.45) is -3.62. The van der Waals surface area contributed by atoms with Crippen molar-refractivity contribution in [3.63, 3.8) is 0 Å². The molecule has 0 bridgehead atoms. The second kappa shape index (κ2) is 5.08. The molecule has 0 saturated heterocycles. The van der Waals surface area contributed by atoms with Crippen LogP contribution in [0.5, 0.6) is 5.75 Å². The number of hydrogen-bond acceptors (Lipinski definition) is 3. The molecule has 0 amide bonds. The lowest BCUT2D eigenvalue weighted by molar-refractivity contribution is -0.165. The van der Waals surface area contributed by atoms with Crippen LogP contribution in [-0.2, 0) is 11.2 Å². The number of ketones is 1. The van der Waals surface area contributed by atoms with E-state index in [4.69, 9.17) is 4.74 Å². The van der Waals surface area contributed by atoms with Crippen LogP contribution in [0.4, 0.5) is 13.2 Å². The Kier molecular flexibility index (Phi) is 3.35. The van der Waals surface area contributed by atoms with E-state index >= 15 is 0 Å². The molecule has 2 N–H and O–H groups in total. The smallest absolute Gasteiger partial charge is 0.454 e. The van der Waals surface area contributed by atoms with E-state index < -0.39 is 12.0 Å². The molecule has 1 aromatic carbocycles. The third-order valence-corrected chi connectivity index (χ3v) is 3.63. The average Bonchev–Trinajstić information content (AvgIpc) is 2.85. The average molecular weight is 310 g/mol. The monoisotopic (exact) mass is 310 g/mol. The fourth-order valence-corrected chi connectivity index (χ4v) is 2.59. The van der Waals surface area contributed by atoms with E-state index in [-0.39, 0.29) is 5.70 Å². The molecule has 0 saturated carbocycles. The molecular weight excluding hydrogens is 297 g/mol. The number of ether oxygens (including phenoxy) is 1. The lowest BCUT2D eigenvalue weighted by Gasteiger charge is -2.18. The van der Waals surface area contributed by atoms with Gasteiger partial charge in [-0.2, -0.15) is 13.2 Å². The van der Waals surface area contributed by atoms with Crippen LogP contribution in [0.15, 0.2) is 24.3 Å². The third kappa shape index (κ3) is 2.43.